The Bertz CT molecular complexity index is 810. The predicted octanol–water partition coefficient (Wildman–Crippen LogP) is 3.78. The van der Waals surface area contributed by atoms with Gasteiger partial charge in [0.1, 0.15) is 36.9 Å². The van der Waals surface area contributed by atoms with Crippen molar-refractivity contribution in [1.29, 1.82) is 0 Å². The Morgan fingerprint density at radius 1 is 0.875 bits per heavy atom. The molecule has 176 valence electrons. The molecule has 0 unspecified atom stereocenters. The van der Waals surface area contributed by atoms with Crippen LogP contribution in [0.3, 0.4) is 0 Å². The number of ether oxygens (including phenoxy) is 2. The molecule has 2 N–H and O–H groups in total. The first-order chi connectivity index (χ1) is 15.4. The number of aliphatic hydroxyl groups excluding tert-OH is 2. The second kappa shape index (κ2) is 12.1. The molecule has 1 aliphatic heterocycles. The number of aliphatic hydroxyl groups is 2. The van der Waals surface area contributed by atoms with Crippen LogP contribution in [0, 0.1) is 0 Å². The first kappa shape index (κ1) is 25.2. The summed E-state index contributed by atoms with van der Waals surface area (Å²) in [6.07, 6.45) is -1.15. The zero-order valence-electron chi connectivity index (χ0n) is 18.9. The number of rotatable bonds is 11. The van der Waals surface area contributed by atoms with Crippen molar-refractivity contribution in [1.82, 2.24) is 4.90 Å². The molecule has 32 heavy (non-hydrogen) atoms. The van der Waals surface area contributed by atoms with E-state index in [0.29, 0.717) is 18.9 Å². The van der Waals surface area contributed by atoms with Crippen LogP contribution in [0.4, 0.5) is 0 Å². The quantitative estimate of drug-likeness (QED) is 0.478. The van der Waals surface area contributed by atoms with Gasteiger partial charge >= 0.3 is 0 Å². The SMILES string of the molecule is CC(C)(c1ccc(OC[C@@H](O)CCl)cc1)c1ccc(OC[C@H](O)CN2CCSCC2)cc1. The summed E-state index contributed by atoms with van der Waals surface area (Å²) < 4.78 is 11.4. The van der Waals surface area contributed by atoms with E-state index >= 15 is 0 Å². The van der Waals surface area contributed by atoms with E-state index in [1.807, 2.05) is 48.2 Å². The molecule has 2 atom stereocenters. The maximum absolute atomic E-state index is 10.3. The Balaban J connectivity index is 1.53. The van der Waals surface area contributed by atoms with Gasteiger partial charge in [0.25, 0.3) is 0 Å². The summed E-state index contributed by atoms with van der Waals surface area (Å²) in [5.41, 5.74) is 2.13. The van der Waals surface area contributed by atoms with E-state index in [2.05, 4.69) is 30.9 Å². The van der Waals surface area contributed by atoms with Crippen LogP contribution in [-0.4, -0.2) is 77.6 Å². The Labute approximate surface area is 200 Å². The second-order valence-electron chi connectivity index (χ2n) is 8.67. The fraction of sp³-hybridized carbons (Fsp3) is 0.520. The van der Waals surface area contributed by atoms with Crippen molar-refractivity contribution in [2.75, 3.05) is 50.2 Å². The van der Waals surface area contributed by atoms with Crippen LogP contribution in [0.2, 0.25) is 0 Å². The highest BCUT2D eigenvalue weighted by molar-refractivity contribution is 7.99. The maximum Gasteiger partial charge on any atom is 0.119 e. The van der Waals surface area contributed by atoms with Crippen LogP contribution in [0.5, 0.6) is 11.5 Å². The fourth-order valence-electron chi connectivity index (χ4n) is 3.67. The average Bonchev–Trinajstić information content (AvgIpc) is 2.82. The molecule has 0 saturated carbocycles. The molecule has 0 aromatic heterocycles. The van der Waals surface area contributed by atoms with Crippen LogP contribution in [0.25, 0.3) is 0 Å². The topological polar surface area (TPSA) is 62.2 Å². The van der Waals surface area contributed by atoms with Gasteiger partial charge in [0.15, 0.2) is 0 Å². The Hall–Kier alpha value is -1.44. The van der Waals surface area contributed by atoms with E-state index in [9.17, 15) is 10.2 Å². The summed E-state index contributed by atoms with van der Waals surface area (Å²) >= 11 is 7.57. The molecule has 7 heteroatoms. The second-order valence-corrected chi connectivity index (χ2v) is 10.2. The summed E-state index contributed by atoms with van der Waals surface area (Å²) in [6.45, 7) is 7.57. The smallest absolute Gasteiger partial charge is 0.119 e. The molecular weight excluding hydrogens is 446 g/mol. The molecule has 0 spiro atoms. The Morgan fingerprint density at radius 3 is 1.81 bits per heavy atom. The lowest BCUT2D eigenvalue weighted by Crippen LogP contribution is -2.40. The largest absolute Gasteiger partial charge is 0.491 e. The van der Waals surface area contributed by atoms with Crippen molar-refractivity contribution >= 4 is 23.4 Å². The summed E-state index contributed by atoms with van der Waals surface area (Å²) in [4.78, 5) is 2.30. The molecule has 5 nitrogen and oxygen atoms in total. The molecule has 1 aliphatic rings. The van der Waals surface area contributed by atoms with Crippen molar-refractivity contribution in [3.63, 3.8) is 0 Å². The van der Waals surface area contributed by atoms with Gasteiger partial charge in [-0.2, -0.15) is 11.8 Å². The number of benzene rings is 2. The van der Waals surface area contributed by atoms with Crippen LogP contribution in [0.1, 0.15) is 25.0 Å². The molecule has 2 aromatic rings. The first-order valence-corrected chi connectivity index (χ1v) is 12.8. The zero-order valence-corrected chi connectivity index (χ0v) is 20.4. The number of nitrogens with zero attached hydrogens (tertiary/aromatic N) is 1. The minimum atomic E-state index is -0.668. The van der Waals surface area contributed by atoms with Crippen molar-refractivity contribution in [2.45, 2.75) is 31.5 Å². The van der Waals surface area contributed by atoms with Gasteiger partial charge in [0, 0.05) is 36.6 Å². The lowest BCUT2D eigenvalue weighted by Gasteiger charge is -2.28. The van der Waals surface area contributed by atoms with Gasteiger partial charge in [-0.25, -0.2) is 0 Å². The highest BCUT2D eigenvalue weighted by Crippen LogP contribution is 2.33. The number of thioether (sulfide) groups is 1. The van der Waals surface area contributed by atoms with E-state index in [1.165, 1.54) is 5.56 Å². The monoisotopic (exact) mass is 479 g/mol. The minimum Gasteiger partial charge on any atom is -0.491 e. The molecule has 1 heterocycles. The minimum absolute atomic E-state index is 0.154. The Morgan fingerprint density at radius 2 is 1.34 bits per heavy atom. The number of β-amino-alcohol motifs (C(OH)–C–C–N with tert-alkyl or cyclic N) is 1. The van der Waals surface area contributed by atoms with Crippen LogP contribution >= 0.6 is 23.4 Å². The van der Waals surface area contributed by atoms with Crippen molar-refractivity contribution in [2.24, 2.45) is 0 Å². The van der Waals surface area contributed by atoms with Gasteiger partial charge in [-0.3, -0.25) is 4.90 Å². The third kappa shape index (κ3) is 7.29. The van der Waals surface area contributed by atoms with Crippen molar-refractivity contribution < 1.29 is 19.7 Å². The highest BCUT2D eigenvalue weighted by atomic mass is 35.5. The summed E-state index contributed by atoms with van der Waals surface area (Å²) in [5.74, 6) is 3.90. The van der Waals surface area contributed by atoms with E-state index < -0.39 is 12.2 Å². The average molecular weight is 480 g/mol. The van der Waals surface area contributed by atoms with Gasteiger partial charge in [-0.15, -0.1) is 11.6 Å². The predicted molar refractivity (Wildman–Crippen MR) is 133 cm³/mol. The summed E-state index contributed by atoms with van der Waals surface area (Å²) in [5, 5.41) is 19.8. The molecule has 0 amide bonds. The normalized spacial score (nSPS) is 17.0. The van der Waals surface area contributed by atoms with Crippen LogP contribution in [-0.2, 0) is 5.41 Å². The van der Waals surface area contributed by atoms with Crippen LogP contribution < -0.4 is 9.47 Å². The van der Waals surface area contributed by atoms with Gasteiger partial charge in [-0.05, 0) is 35.4 Å². The van der Waals surface area contributed by atoms with Gasteiger partial charge in [0.2, 0.25) is 0 Å². The third-order valence-electron chi connectivity index (χ3n) is 5.79. The molecular formula is C25H34ClNO4S. The van der Waals surface area contributed by atoms with E-state index in [-0.39, 0.29) is 17.9 Å². The van der Waals surface area contributed by atoms with E-state index in [0.717, 1.165) is 35.9 Å². The Kier molecular flexibility index (Phi) is 9.56. The zero-order chi connectivity index (χ0) is 23.0. The number of alkyl halides is 1. The highest BCUT2D eigenvalue weighted by Gasteiger charge is 2.23. The fourth-order valence-corrected chi connectivity index (χ4v) is 4.73. The molecule has 0 aliphatic carbocycles. The summed E-state index contributed by atoms with van der Waals surface area (Å²) in [7, 11) is 0. The van der Waals surface area contributed by atoms with E-state index in [4.69, 9.17) is 21.1 Å². The molecule has 0 bridgehead atoms. The number of hydrogen-bond donors (Lipinski definition) is 2. The molecule has 3 rings (SSSR count). The molecule has 2 aromatic carbocycles. The van der Waals surface area contributed by atoms with Crippen molar-refractivity contribution in [3.8, 4) is 11.5 Å². The summed E-state index contributed by atoms with van der Waals surface area (Å²) in [6, 6.07) is 16.0. The lowest BCUT2D eigenvalue weighted by atomic mass is 9.78. The number of halogens is 1. The lowest BCUT2D eigenvalue weighted by molar-refractivity contribution is 0.0715. The third-order valence-corrected chi connectivity index (χ3v) is 7.09. The molecule has 0 radical (unpaired) electrons. The van der Waals surface area contributed by atoms with E-state index in [1.54, 1.807) is 0 Å². The van der Waals surface area contributed by atoms with Crippen molar-refractivity contribution in [3.05, 3.63) is 59.7 Å². The molecule has 1 saturated heterocycles. The number of hydrogen-bond acceptors (Lipinski definition) is 6. The first-order valence-electron chi connectivity index (χ1n) is 11.1. The van der Waals surface area contributed by atoms with Gasteiger partial charge in [-0.1, -0.05) is 38.1 Å². The van der Waals surface area contributed by atoms with Gasteiger partial charge < -0.3 is 19.7 Å². The van der Waals surface area contributed by atoms with Gasteiger partial charge in [0.05, 0.1) is 5.88 Å². The van der Waals surface area contributed by atoms with Crippen LogP contribution in [0.15, 0.2) is 48.5 Å². The maximum atomic E-state index is 10.3. The standard InChI is InChI=1S/C25H34ClNO4S/c1-25(2,19-3-7-23(8-4-19)30-17-21(28)15-26)20-5-9-24(10-6-20)31-18-22(29)16-27-11-13-32-14-12-27/h3-10,21-22,28-29H,11-18H2,1-2H3/t21-,22+/m0/s1. The molecule has 1 fully saturated rings.